The van der Waals surface area contributed by atoms with E-state index < -0.39 is 11.2 Å². The van der Waals surface area contributed by atoms with E-state index >= 15 is 0 Å². The molecule has 0 aliphatic heterocycles. The van der Waals surface area contributed by atoms with Crippen LogP contribution in [0.4, 0.5) is 0 Å². The van der Waals surface area contributed by atoms with Crippen molar-refractivity contribution in [1.82, 2.24) is 29.3 Å². The van der Waals surface area contributed by atoms with Crippen molar-refractivity contribution in [2.45, 2.75) is 39.9 Å². The molecule has 4 aromatic heterocycles. The van der Waals surface area contributed by atoms with Crippen molar-refractivity contribution in [3.63, 3.8) is 0 Å². The van der Waals surface area contributed by atoms with E-state index in [1.807, 2.05) is 20.0 Å². The summed E-state index contributed by atoms with van der Waals surface area (Å²) in [7, 11) is 1.81. The first-order chi connectivity index (χ1) is 16.5. The number of pyridine rings is 2. The van der Waals surface area contributed by atoms with Gasteiger partial charge < -0.3 is 9.84 Å². The van der Waals surface area contributed by atoms with Crippen LogP contribution in [0.5, 0.6) is 5.75 Å². The largest absolute Gasteiger partial charge is 0.485 e. The van der Waals surface area contributed by atoms with E-state index in [0.29, 0.717) is 28.5 Å². The van der Waals surface area contributed by atoms with Gasteiger partial charge in [-0.15, -0.1) is 0 Å². The molecule has 0 aliphatic rings. The minimum absolute atomic E-state index is 0.0801. The van der Waals surface area contributed by atoms with E-state index in [0.717, 1.165) is 5.56 Å². The lowest BCUT2D eigenvalue weighted by molar-refractivity contribution is 0.0688. The van der Waals surface area contributed by atoms with Crippen LogP contribution in [0.25, 0.3) is 17.1 Å². The molecule has 0 saturated carbocycles. The summed E-state index contributed by atoms with van der Waals surface area (Å²) in [5.41, 5.74) is 1.67. The molecule has 0 unspecified atom stereocenters. The van der Waals surface area contributed by atoms with Gasteiger partial charge in [-0.1, -0.05) is 23.2 Å². The lowest BCUT2D eigenvalue weighted by Crippen LogP contribution is -2.22. The fourth-order valence-electron chi connectivity index (χ4n) is 3.50. The standard InChI is InChI=1S/C24H24Cl2N6O3/c1-13-10-28-23(24(3,4)34)29-21(13)17-9-18(16(25)11-27-17)32-14(2)8-19(20(26)22(32)33)35-12-15-6-7-31(5)30-15/h6-11,34H,12H2,1-5H3. The van der Waals surface area contributed by atoms with Crippen LogP contribution in [-0.4, -0.2) is 34.4 Å². The predicted molar refractivity (Wildman–Crippen MR) is 133 cm³/mol. The molecule has 35 heavy (non-hydrogen) atoms. The normalized spacial score (nSPS) is 11.7. The van der Waals surface area contributed by atoms with Crippen molar-refractivity contribution in [3.05, 3.63) is 80.0 Å². The lowest BCUT2D eigenvalue weighted by atomic mass is 10.1. The first kappa shape index (κ1) is 24.8. The molecule has 0 saturated heterocycles. The van der Waals surface area contributed by atoms with Crippen LogP contribution < -0.4 is 10.3 Å². The van der Waals surface area contributed by atoms with Crippen LogP contribution in [-0.2, 0) is 19.3 Å². The van der Waals surface area contributed by atoms with Crippen molar-refractivity contribution >= 4 is 23.2 Å². The summed E-state index contributed by atoms with van der Waals surface area (Å²) in [6.07, 6.45) is 4.87. The second-order valence-electron chi connectivity index (χ2n) is 8.68. The molecule has 0 aromatic carbocycles. The monoisotopic (exact) mass is 514 g/mol. The Bertz CT molecular complexity index is 1470. The van der Waals surface area contributed by atoms with Gasteiger partial charge in [-0.3, -0.25) is 19.0 Å². The third-order valence-corrected chi connectivity index (χ3v) is 5.92. The summed E-state index contributed by atoms with van der Waals surface area (Å²) in [6, 6.07) is 5.15. The summed E-state index contributed by atoms with van der Waals surface area (Å²) < 4.78 is 8.83. The zero-order chi connectivity index (χ0) is 25.5. The molecule has 1 N–H and O–H groups in total. The van der Waals surface area contributed by atoms with Crippen molar-refractivity contribution in [1.29, 1.82) is 0 Å². The first-order valence-corrected chi connectivity index (χ1v) is 11.5. The Morgan fingerprint density at radius 3 is 2.54 bits per heavy atom. The van der Waals surface area contributed by atoms with Crippen LogP contribution in [0.3, 0.4) is 0 Å². The number of aliphatic hydroxyl groups is 1. The summed E-state index contributed by atoms with van der Waals surface area (Å²) in [6.45, 7) is 6.96. The maximum absolute atomic E-state index is 13.3. The van der Waals surface area contributed by atoms with E-state index in [1.165, 1.54) is 10.8 Å². The molecule has 0 atom stereocenters. The zero-order valence-electron chi connectivity index (χ0n) is 19.9. The molecular weight excluding hydrogens is 491 g/mol. The molecule has 0 amide bonds. The smallest absolute Gasteiger partial charge is 0.277 e. The van der Waals surface area contributed by atoms with Gasteiger partial charge in [-0.05, 0) is 45.4 Å². The van der Waals surface area contributed by atoms with E-state index in [1.54, 1.807) is 50.0 Å². The Morgan fingerprint density at radius 1 is 1.14 bits per heavy atom. The maximum Gasteiger partial charge on any atom is 0.277 e. The zero-order valence-corrected chi connectivity index (χ0v) is 21.4. The van der Waals surface area contributed by atoms with Gasteiger partial charge in [0.2, 0.25) is 0 Å². The van der Waals surface area contributed by atoms with E-state index in [2.05, 4.69) is 20.1 Å². The van der Waals surface area contributed by atoms with Gasteiger partial charge in [0.05, 0.1) is 27.8 Å². The molecule has 4 aromatic rings. The number of nitrogens with zero attached hydrogens (tertiary/aromatic N) is 6. The van der Waals surface area contributed by atoms with Gasteiger partial charge >= 0.3 is 0 Å². The Labute approximate surface area is 212 Å². The molecule has 0 aliphatic carbocycles. The van der Waals surface area contributed by atoms with Crippen LogP contribution in [0.1, 0.15) is 36.6 Å². The number of aromatic nitrogens is 6. The average molecular weight is 515 g/mol. The third kappa shape index (κ3) is 5.07. The quantitative estimate of drug-likeness (QED) is 0.411. The summed E-state index contributed by atoms with van der Waals surface area (Å²) in [5, 5.41) is 14.8. The number of hydrogen-bond acceptors (Lipinski definition) is 7. The molecule has 0 bridgehead atoms. The number of ether oxygens (including phenoxy) is 1. The maximum atomic E-state index is 13.3. The summed E-state index contributed by atoms with van der Waals surface area (Å²) in [5.74, 6) is 0.505. The molecule has 182 valence electrons. The molecule has 9 nitrogen and oxygen atoms in total. The Balaban J connectivity index is 1.76. The van der Waals surface area contributed by atoms with Gasteiger partial charge in [0.25, 0.3) is 5.56 Å². The fraction of sp³-hybridized carbons (Fsp3) is 0.292. The van der Waals surface area contributed by atoms with Crippen molar-refractivity contribution in [3.8, 4) is 22.8 Å². The van der Waals surface area contributed by atoms with Crippen LogP contribution >= 0.6 is 23.2 Å². The highest BCUT2D eigenvalue weighted by Crippen LogP contribution is 2.30. The Hall–Kier alpha value is -3.27. The van der Waals surface area contributed by atoms with Gasteiger partial charge in [0.1, 0.15) is 23.0 Å². The molecule has 4 rings (SSSR count). The van der Waals surface area contributed by atoms with Crippen molar-refractivity contribution in [2.75, 3.05) is 0 Å². The highest BCUT2D eigenvalue weighted by molar-refractivity contribution is 6.33. The Kier molecular flexibility index (Phi) is 6.68. The average Bonchev–Trinajstić information content (AvgIpc) is 3.21. The highest BCUT2D eigenvalue weighted by atomic mass is 35.5. The number of halogens is 2. The molecule has 4 heterocycles. The molecule has 0 fully saturated rings. The molecule has 11 heteroatoms. The van der Waals surface area contributed by atoms with E-state index in [4.69, 9.17) is 27.9 Å². The predicted octanol–water partition coefficient (Wildman–Crippen LogP) is 4.15. The number of rotatable bonds is 6. The molecule has 0 spiro atoms. The summed E-state index contributed by atoms with van der Waals surface area (Å²) >= 11 is 12.9. The second-order valence-corrected chi connectivity index (χ2v) is 9.46. The van der Waals surface area contributed by atoms with E-state index in [9.17, 15) is 9.90 Å². The highest BCUT2D eigenvalue weighted by Gasteiger charge is 2.22. The minimum Gasteiger partial charge on any atom is -0.485 e. The van der Waals surface area contributed by atoms with E-state index in [-0.39, 0.29) is 28.2 Å². The Morgan fingerprint density at radius 2 is 1.89 bits per heavy atom. The van der Waals surface area contributed by atoms with Crippen molar-refractivity contribution in [2.24, 2.45) is 7.05 Å². The van der Waals surface area contributed by atoms with Gasteiger partial charge in [-0.25, -0.2) is 9.97 Å². The van der Waals surface area contributed by atoms with Crippen molar-refractivity contribution < 1.29 is 9.84 Å². The summed E-state index contributed by atoms with van der Waals surface area (Å²) in [4.78, 5) is 26.4. The number of aryl methyl sites for hydroxylation is 3. The molecule has 0 radical (unpaired) electrons. The second kappa shape index (κ2) is 9.41. The molecular formula is C24H24Cl2N6O3. The minimum atomic E-state index is -1.23. The van der Waals surface area contributed by atoms with Gasteiger partial charge in [-0.2, -0.15) is 5.10 Å². The SMILES string of the molecule is Cc1cnc(C(C)(C)O)nc1-c1cc(-n2c(C)cc(OCc3ccn(C)n3)c(Cl)c2=O)c(Cl)cn1. The van der Waals surface area contributed by atoms with Crippen LogP contribution in [0, 0.1) is 13.8 Å². The van der Waals surface area contributed by atoms with Gasteiger partial charge in [0, 0.05) is 37.4 Å². The van der Waals surface area contributed by atoms with Crippen LogP contribution in [0.2, 0.25) is 10.0 Å². The fourth-order valence-corrected chi connectivity index (χ4v) is 3.88. The third-order valence-electron chi connectivity index (χ3n) is 5.28. The van der Waals surface area contributed by atoms with Crippen LogP contribution in [0.15, 0.2) is 41.6 Å². The topological polar surface area (TPSA) is 108 Å². The first-order valence-electron chi connectivity index (χ1n) is 10.7. The van der Waals surface area contributed by atoms with Gasteiger partial charge in [0.15, 0.2) is 5.82 Å². The lowest BCUT2D eigenvalue weighted by Gasteiger charge is -2.18. The number of hydrogen-bond donors (Lipinski definition) is 1.